The molecule has 0 unspecified atom stereocenters. The quantitative estimate of drug-likeness (QED) is 0.401. The minimum Gasteiger partial charge on any atom is -0.244 e. The van der Waals surface area contributed by atoms with E-state index in [1.54, 1.807) is 0 Å². The van der Waals surface area contributed by atoms with Crippen LogP contribution in [-0.4, -0.2) is 53.7 Å². The van der Waals surface area contributed by atoms with Crippen LogP contribution in [0.2, 0.25) is 0 Å². The van der Waals surface area contributed by atoms with Gasteiger partial charge in [-0.05, 0) is 24.3 Å². The molecule has 0 spiro atoms. The fourth-order valence-electron chi connectivity index (χ4n) is 1.73. The van der Waals surface area contributed by atoms with Gasteiger partial charge in [-0.2, -0.15) is 69.5 Å². The Hall–Kier alpha value is -1.80. The van der Waals surface area contributed by atoms with Crippen LogP contribution < -0.4 is 0 Å². The molecule has 0 saturated heterocycles. The number of hydrogen-bond donors (Lipinski definition) is 0. The number of rotatable bonds is 6. The number of alkyl halides is 12. The van der Waals surface area contributed by atoms with Gasteiger partial charge in [0.15, 0.2) is 0 Å². The van der Waals surface area contributed by atoms with Crippen LogP contribution >= 0.6 is 0 Å². The molecule has 0 aromatic heterocycles. The molecular weight excluding hydrogens is 532 g/mol. The maximum Gasteiger partial charge on any atom is 0.425 e. The first-order valence-corrected chi connectivity index (χ1v) is 9.94. The van der Waals surface area contributed by atoms with E-state index >= 15 is 0 Å². The van der Waals surface area contributed by atoms with Gasteiger partial charge in [-0.1, -0.05) is 0 Å². The standard InChI is InChI=1S/C12H6F12O6S2/c13-9(14,15)7(10(16,17)18)29-31(25,26)5-1-2-6(4-3-5)32(27,28)30-8(11(19,20)21)12(22,23)24/h1-4,7-8H. The predicted octanol–water partition coefficient (Wildman–Crippen LogP) is 4.08. The van der Waals surface area contributed by atoms with Gasteiger partial charge in [0.2, 0.25) is 0 Å². The molecule has 0 N–H and O–H groups in total. The van der Waals surface area contributed by atoms with Gasteiger partial charge in [-0.3, -0.25) is 0 Å². The summed E-state index contributed by atoms with van der Waals surface area (Å²) < 4.78 is 202. The third kappa shape index (κ3) is 7.10. The van der Waals surface area contributed by atoms with Crippen molar-refractivity contribution in [3.05, 3.63) is 24.3 Å². The van der Waals surface area contributed by atoms with Crippen LogP contribution in [0.25, 0.3) is 0 Å². The zero-order valence-corrected chi connectivity index (χ0v) is 15.9. The van der Waals surface area contributed by atoms with Gasteiger partial charge >= 0.3 is 24.7 Å². The summed E-state index contributed by atoms with van der Waals surface area (Å²) in [5, 5.41) is 0. The Morgan fingerprint density at radius 3 is 0.844 bits per heavy atom. The third-order valence-corrected chi connectivity index (χ3v) is 5.63. The van der Waals surface area contributed by atoms with Crippen molar-refractivity contribution in [2.24, 2.45) is 0 Å². The van der Waals surface area contributed by atoms with Crippen LogP contribution in [0.1, 0.15) is 0 Å². The van der Waals surface area contributed by atoms with E-state index in [4.69, 9.17) is 0 Å². The summed E-state index contributed by atoms with van der Waals surface area (Å²) in [4.78, 5) is -3.09. The highest BCUT2D eigenvalue weighted by Gasteiger charge is 2.61. The fourth-order valence-corrected chi connectivity index (χ4v) is 3.83. The monoisotopic (exact) mass is 538 g/mol. The van der Waals surface area contributed by atoms with Gasteiger partial charge in [0.1, 0.15) is 0 Å². The van der Waals surface area contributed by atoms with E-state index in [0.29, 0.717) is 0 Å². The smallest absolute Gasteiger partial charge is 0.244 e. The Balaban J connectivity index is 3.27. The van der Waals surface area contributed by atoms with Crippen molar-refractivity contribution in [2.75, 3.05) is 0 Å². The molecule has 0 amide bonds. The van der Waals surface area contributed by atoms with Crippen molar-refractivity contribution in [1.82, 2.24) is 0 Å². The van der Waals surface area contributed by atoms with Gasteiger partial charge in [0.05, 0.1) is 9.79 Å². The van der Waals surface area contributed by atoms with Crippen molar-refractivity contribution >= 4 is 20.2 Å². The van der Waals surface area contributed by atoms with Crippen molar-refractivity contribution < 1.29 is 77.9 Å². The minimum atomic E-state index is -6.26. The summed E-state index contributed by atoms with van der Waals surface area (Å²) in [6.07, 6.45) is -34.7. The first kappa shape index (κ1) is 28.2. The second-order valence-corrected chi connectivity index (χ2v) is 8.64. The summed E-state index contributed by atoms with van der Waals surface area (Å²) in [5.74, 6) is 0. The van der Waals surface area contributed by atoms with E-state index in [1.807, 2.05) is 0 Å². The van der Waals surface area contributed by atoms with Crippen LogP contribution in [0, 0.1) is 0 Å². The molecule has 0 bridgehead atoms. The topological polar surface area (TPSA) is 86.7 Å². The van der Waals surface area contributed by atoms with Crippen molar-refractivity contribution in [1.29, 1.82) is 0 Å². The lowest BCUT2D eigenvalue weighted by molar-refractivity contribution is -0.300. The highest BCUT2D eigenvalue weighted by Crippen LogP contribution is 2.39. The van der Waals surface area contributed by atoms with Crippen LogP contribution in [-0.2, 0) is 28.6 Å². The molecule has 0 aliphatic carbocycles. The molecular formula is C12H6F12O6S2. The predicted molar refractivity (Wildman–Crippen MR) is 74.8 cm³/mol. The SMILES string of the molecule is O=S(=O)(OC(C(F)(F)F)C(F)(F)F)c1ccc(S(=O)(=O)OC(C(F)(F)F)C(F)(F)F)cc1. The first-order chi connectivity index (χ1) is 13.9. The summed E-state index contributed by atoms with van der Waals surface area (Å²) in [7, 11) is -11.8. The highest BCUT2D eigenvalue weighted by atomic mass is 32.2. The zero-order valence-electron chi connectivity index (χ0n) is 14.3. The molecule has 0 atom stereocenters. The largest absolute Gasteiger partial charge is 0.425 e. The van der Waals surface area contributed by atoms with E-state index in [-0.39, 0.29) is 24.3 Å². The molecule has 0 radical (unpaired) electrons. The maximum atomic E-state index is 12.4. The van der Waals surface area contributed by atoms with Gasteiger partial charge in [0.25, 0.3) is 32.4 Å². The number of hydrogen-bond acceptors (Lipinski definition) is 6. The molecule has 1 rings (SSSR count). The van der Waals surface area contributed by atoms with Crippen LogP contribution in [0.3, 0.4) is 0 Å². The Kier molecular flexibility index (Phi) is 7.52. The summed E-state index contributed by atoms with van der Waals surface area (Å²) >= 11 is 0. The average Bonchev–Trinajstić information content (AvgIpc) is 2.54. The van der Waals surface area contributed by atoms with E-state index in [0.717, 1.165) is 0 Å². The lowest BCUT2D eigenvalue weighted by Crippen LogP contribution is -2.45. The lowest BCUT2D eigenvalue weighted by atomic mass is 10.3. The maximum absolute atomic E-state index is 12.4. The molecule has 20 heteroatoms. The van der Waals surface area contributed by atoms with Gasteiger partial charge in [-0.15, -0.1) is 0 Å². The second kappa shape index (κ2) is 8.52. The molecule has 1 aromatic rings. The van der Waals surface area contributed by atoms with Crippen LogP contribution in [0.15, 0.2) is 34.1 Å². The molecule has 0 heterocycles. The molecule has 6 nitrogen and oxygen atoms in total. The first-order valence-electron chi connectivity index (χ1n) is 7.12. The van der Waals surface area contributed by atoms with E-state index in [1.165, 1.54) is 0 Å². The lowest BCUT2D eigenvalue weighted by Gasteiger charge is -2.23. The molecule has 1 aromatic carbocycles. The van der Waals surface area contributed by atoms with Crippen molar-refractivity contribution in [3.63, 3.8) is 0 Å². The summed E-state index contributed by atoms with van der Waals surface area (Å²) in [6.45, 7) is 0. The molecule has 186 valence electrons. The normalized spacial score (nSPS) is 14.9. The third-order valence-electron chi connectivity index (χ3n) is 3.04. The fraction of sp³-hybridized carbons (Fsp3) is 0.500. The van der Waals surface area contributed by atoms with Crippen molar-refractivity contribution in [3.8, 4) is 0 Å². The molecule has 0 aliphatic heterocycles. The zero-order chi connectivity index (χ0) is 25.6. The van der Waals surface area contributed by atoms with Gasteiger partial charge in [-0.25, -0.2) is 8.37 Å². The molecule has 0 fully saturated rings. The van der Waals surface area contributed by atoms with Crippen molar-refractivity contribution in [2.45, 2.75) is 46.7 Å². The van der Waals surface area contributed by atoms with Crippen LogP contribution in [0.5, 0.6) is 0 Å². The molecule has 32 heavy (non-hydrogen) atoms. The average molecular weight is 538 g/mol. The Bertz CT molecular complexity index is 892. The molecule has 0 saturated carbocycles. The van der Waals surface area contributed by atoms with Gasteiger partial charge < -0.3 is 0 Å². The summed E-state index contributed by atoms with van der Waals surface area (Å²) in [5.41, 5.74) is 0. The highest BCUT2D eigenvalue weighted by molar-refractivity contribution is 7.87. The van der Waals surface area contributed by atoms with E-state index in [2.05, 4.69) is 8.37 Å². The molecule has 0 aliphatic rings. The Morgan fingerprint density at radius 2 is 0.688 bits per heavy atom. The summed E-state index contributed by atoms with van der Waals surface area (Å²) in [6, 6.07) is -0.200. The van der Waals surface area contributed by atoms with E-state index < -0.39 is 66.9 Å². The van der Waals surface area contributed by atoms with E-state index in [9.17, 15) is 69.5 Å². The van der Waals surface area contributed by atoms with Crippen LogP contribution in [0.4, 0.5) is 52.7 Å². The minimum absolute atomic E-state index is 0.0500. The number of benzene rings is 1. The second-order valence-electron chi connectivity index (χ2n) is 5.50. The Labute approximate surface area is 170 Å². The Morgan fingerprint density at radius 1 is 0.500 bits per heavy atom. The number of halogens is 12. The van der Waals surface area contributed by atoms with Gasteiger partial charge in [0, 0.05) is 0 Å².